The molecule has 0 aromatic rings. The summed E-state index contributed by atoms with van der Waals surface area (Å²) in [6.07, 6.45) is -7.69. The first-order valence-electron chi connectivity index (χ1n) is 7.55. The average Bonchev–Trinajstić information content (AvgIpc) is 2.47. The molecule has 6 atom stereocenters. The molecule has 0 radical (unpaired) electrons. The Morgan fingerprint density at radius 3 is 2.42 bits per heavy atom. The molecule has 0 aromatic carbocycles. The molecule has 1 saturated heterocycles. The summed E-state index contributed by atoms with van der Waals surface area (Å²) in [4.78, 5) is 23.3. The third kappa shape index (κ3) is 4.85. The molecule has 1 aliphatic rings. The van der Waals surface area contributed by atoms with Gasteiger partial charge in [-0.2, -0.15) is 0 Å². The van der Waals surface area contributed by atoms with Crippen LogP contribution >= 0.6 is 0 Å². The van der Waals surface area contributed by atoms with E-state index < -0.39 is 67.3 Å². The minimum absolute atomic E-state index is 0.562. The number of hydrogen-bond acceptors (Lipinski definition) is 9. The molecule has 0 saturated carbocycles. The van der Waals surface area contributed by atoms with Crippen LogP contribution in [0.4, 0.5) is 0 Å². The van der Waals surface area contributed by atoms with Gasteiger partial charge in [0.25, 0.3) is 5.79 Å². The first-order valence-corrected chi connectivity index (χ1v) is 7.55. The van der Waals surface area contributed by atoms with Crippen molar-refractivity contribution in [3.05, 3.63) is 0 Å². The lowest BCUT2D eigenvalue weighted by molar-refractivity contribution is -0.298. The fourth-order valence-electron chi connectivity index (χ4n) is 2.44. The maximum absolute atomic E-state index is 12.0. The third-order valence-electron chi connectivity index (χ3n) is 3.53. The number of esters is 1. The molecular weight excluding hydrogens is 326 g/mol. The number of aliphatic hydroxyl groups excluding tert-OH is 4. The van der Waals surface area contributed by atoms with Gasteiger partial charge < -0.3 is 40.3 Å². The van der Waals surface area contributed by atoms with E-state index in [0.29, 0.717) is 0 Å². The predicted octanol–water partition coefficient (Wildman–Crippen LogP) is -3.00. The Hall–Kier alpha value is -1.30. The largest absolute Gasteiger partial charge is 0.459 e. The molecular formula is C14H25NO9. The molecule has 1 amide bonds. The van der Waals surface area contributed by atoms with Gasteiger partial charge in [-0.25, -0.2) is 4.79 Å². The van der Waals surface area contributed by atoms with Gasteiger partial charge in [0.15, 0.2) is 0 Å². The van der Waals surface area contributed by atoms with Crippen molar-refractivity contribution in [2.24, 2.45) is 0 Å². The summed E-state index contributed by atoms with van der Waals surface area (Å²) >= 11 is 0. The van der Waals surface area contributed by atoms with E-state index in [9.17, 15) is 30.0 Å². The fourth-order valence-corrected chi connectivity index (χ4v) is 2.44. The van der Waals surface area contributed by atoms with Crippen LogP contribution in [-0.4, -0.2) is 86.4 Å². The Labute approximate surface area is 139 Å². The Morgan fingerprint density at radius 1 is 1.38 bits per heavy atom. The lowest BCUT2D eigenvalue weighted by atomic mass is 9.88. The van der Waals surface area contributed by atoms with Gasteiger partial charge in [0.1, 0.15) is 18.3 Å². The van der Waals surface area contributed by atoms with Crippen LogP contribution in [0.15, 0.2) is 0 Å². The molecule has 24 heavy (non-hydrogen) atoms. The number of carbonyl (C=O) groups is 2. The van der Waals surface area contributed by atoms with Crippen molar-refractivity contribution in [1.29, 1.82) is 0 Å². The summed E-state index contributed by atoms with van der Waals surface area (Å²) < 4.78 is 10.1. The zero-order valence-corrected chi connectivity index (χ0v) is 13.7. The quantitative estimate of drug-likeness (QED) is 0.273. The van der Waals surface area contributed by atoms with Crippen molar-refractivity contribution in [3.8, 4) is 0 Å². The molecule has 10 heteroatoms. The molecule has 1 aliphatic heterocycles. The monoisotopic (exact) mass is 351 g/mol. The van der Waals surface area contributed by atoms with Crippen LogP contribution < -0.4 is 5.32 Å². The highest BCUT2D eigenvalue weighted by molar-refractivity contribution is 5.78. The zero-order chi connectivity index (χ0) is 18.7. The van der Waals surface area contributed by atoms with Crippen molar-refractivity contribution in [1.82, 2.24) is 5.32 Å². The fraction of sp³-hybridized carbons (Fsp3) is 0.857. The topological polar surface area (TPSA) is 166 Å². The van der Waals surface area contributed by atoms with Crippen LogP contribution in [-0.2, 0) is 19.1 Å². The summed E-state index contributed by atoms with van der Waals surface area (Å²) in [6, 6.07) is -1.22. The Balaban J connectivity index is 3.09. The van der Waals surface area contributed by atoms with Gasteiger partial charge in [0, 0.05) is 13.3 Å². The summed E-state index contributed by atoms with van der Waals surface area (Å²) in [5.41, 5.74) is 0. The smallest absolute Gasteiger partial charge is 0.367 e. The second-order valence-corrected chi connectivity index (χ2v) is 6.06. The van der Waals surface area contributed by atoms with Crippen LogP contribution in [0.25, 0.3) is 0 Å². The number of aliphatic hydroxyl groups is 5. The summed E-state index contributed by atoms with van der Waals surface area (Å²) in [7, 11) is 0. The summed E-state index contributed by atoms with van der Waals surface area (Å²) in [6.45, 7) is 3.41. The van der Waals surface area contributed by atoms with Crippen LogP contribution in [0.3, 0.4) is 0 Å². The first-order chi connectivity index (χ1) is 11.0. The molecule has 140 valence electrons. The molecule has 0 aliphatic carbocycles. The second kappa shape index (κ2) is 8.19. The summed E-state index contributed by atoms with van der Waals surface area (Å²) in [5.74, 6) is -4.30. The van der Waals surface area contributed by atoms with E-state index in [1.807, 2.05) is 0 Å². The molecule has 1 rings (SSSR count). The van der Waals surface area contributed by atoms with Gasteiger partial charge >= 0.3 is 5.97 Å². The molecule has 3 unspecified atom stereocenters. The standard InChI is InChI=1S/C14H25NO9/c1-6(2)23-13(21)14(22)4-8(18)10(15-7(3)17)12(24-14)11(20)9(19)5-16/h6,8-12,16,18-20,22H,4-5H2,1-3H3,(H,15,17)/t8-,9?,10+,11?,12+,14?/m0/s1. The van der Waals surface area contributed by atoms with Gasteiger partial charge in [-0.05, 0) is 13.8 Å². The van der Waals surface area contributed by atoms with E-state index in [-0.39, 0.29) is 0 Å². The van der Waals surface area contributed by atoms with Crippen molar-refractivity contribution in [3.63, 3.8) is 0 Å². The van der Waals surface area contributed by atoms with E-state index in [0.717, 1.165) is 6.92 Å². The molecule has 0 aromatic heterocycles. The highest BCUT2D eigenvalue weighted by Crippen LogP contribution is 2.31. The number of amides is 1. The highest BCUT2D eigenvalue weighted by atomic mass is 16.7. The number of hydrogen-bond donors (Lipinski definition) is 6. The normalized spacial score (nSPS) is 33.0. The van der Waals surface area contributed by atoms with Crippen LogP contribution in [0.2, 0.25) is 0 Å². The maximum atomic E-state index is 12.0. The Morgan fingerprint density at radius 2 is 1.96 bits per heavy atom. The molecule has 1 fully saturated rings. The van der Waals surface area contributed by atoms with Crippen LogP contribution in [0.1, 0.15) is 27.2 Å². The molecule has 10 nitrogen and oxygen atoms in total. The minimum atomic E-state index is -2.57. The third-order valence-corrected chi connectivity index (χ3v) is 3.53. The number of nitrogens with one attached hydrogen (secondary N) is 1. The number of rotatable bonds is 6. The van der Waals surface area contributed by atoms with E-state index in [2.05, 4.69) is 5.32 Å². The van der Waals surface area contributed by atoms with Crippen LogP contribution in [0.5, 0.6) is 0 Å². The van der Waals surface area contributed by atoms with Gasteiger partial charge in [-0.3, -0.25) is 4.79 Å². The van der Waals surface area contributed by atoms with Crippen molar-refractivity contribution < 1.29 is 44.6 Å². The average molecular weight is 351 g/mol. The van der Waals surface area contributed by atoms with Gasteiger partial charge in [-0.15, -0.1) is 0 Å². The van der Waals surface area contributed by atoms with Crippen LogP contribution in [0, 0.1) is 0 Å². The zero-order valence-electron chi connectivity index (χ0n) is 13.7. The Bertz CT molecular complexity index is 458. The molecule has 1 heterocycles. The van der Waals surface area contributed by atoms with Crippen molar-refractivity contribution in [2.45, 2.75) is 69.5 Å². The van der Waals surface area contributed by atoms with Crippen molar-refractivity contribution >= 4 is 11.9 Å². The van der Waals surface area contributed by atoms with E-state index in [1.54, 1.807) is 13.8 Å². The molecule has 0 spiro atoms. The lowest BCUT2D eigenvalue weighted by Crippen LogP contribution is -2.67. The van der Waals surface area contributed by atoms with Crippen molar-refractivity contribution in [2.75, 3.05) is 6.61 Å². The SMILES string of the molecule is CC(=O)N[C@@H]1[C@@H](O)CC(O)(C(=O)OC(C)C)O[C@H]1C(O)C(O)CO. The molecule has 0 bridgehead atoms. The second-order valence-electron chi connectivity index (χ2n) is 6.06. The summed E-state index contributed by atoms with van der Waals surface area (Å²) in [5, 5.41) is 51.5. The lowest BCUT2D eigenvalue weighted by Gasteiger charge is -2.45. The minimum Gasteiger partial charge on any atom is -0.459 e. The first kappa shape index (κ1) is 20.7. The van der Waals surface area contributed by atoms with Gasteiger partial charge in [-0.1, -0.05) is 0 Å². The maximum Gasteiger partial charge on any atom is 0.367 e. The van der Waals surface area contributed by atoms with Gasteiger partial charge in [0.05, 0.1) is 24.9 Å². The van der Waals surface area contributed by atoms with E-state index >= 15 is 0 Å². The predicted molar refractivity (Wildman–Crippen MR) is 78.4 cm³/mol. The molecule has 6 N–H and O–H groups in total. The van der Waals surface area contributed by atoms with E-state index in [4.69, 9.17) is 14.6 Å². The number of carbonyl (C=O) groups excluding carboxylic acids is 2. The highest BCUT2D eigenvalue weighted by Gasteiger charge is 2.54. The number of ether oxygens (including phenoxy) is 2. The Kier molecular flexibility index (Phi) is 7.08. The van der Waals surface area contributed by atoms with E-state index in [1.165, 1.54) is 0 Å². The van der Waals surface area contributed by atoms with Gasteiger partial charge in [0.2, 0.25) is 5.91 Å².